The van der Waals surface area contributed by atoms with Crippen molar-refractivity contribution in [3.63, 3.8) is 0 Å². The van der Waals surface area contributed by atoms with Crippen molar-refractivity contribution in [3.8, 4) is 0 Å². The maximum Gasteiger partial charge on any atom is 0.328 e. The molecule has 0 rings (SSSR count). The average molecular weight is 156 g/mol. The molecular formula is C7H8O4. The first-order valence-corrected chi connectivity index (χ1v) is 2.91. The molecule has 0 spiro atoms. The van der Waals surface area contributed by atoms with Crippen LogP contribution in [0.3, 0.4) is 0 Å². The number of carbonyl (C=O) groups is 2. The van der Waals surface area contributed by atoms with Gasteiger partial charge in [0.2, 0.25) is 0 Å². The Morgan fingerprint density at radius 1 is 1.18 bits per heavy atom. The van der Waals surface area contributed by atoms with Gasteiger partial charge in [0.1, 0.15) is 0 Å². The smallest absolute Gasteiger partial charge is 0.328 e. The first-order chi connectivity index (χ1) is 5.13. The molecule has 0 aliphatic rings. The zero-order valence-corrected chi connectivity index (χ0v) is 5.73. The van der Waals surface area contributed by atoms with Gasteiger partial charge in [-0.2, -0.15) is 0 Å². The number of carboxylic acid groups (broad SMARTS) is 2. The zero-order valence-electron chi connectivity index (χ0n) is 5.73. The fourth-order valence-corrected chi connectivity index (χ4v) is 0.385. The van der Waals surface area contributed by atoms with Crippen LogP contribution in [0.1, 0.15) is 6.42 Å². The fraction of sp³-hybridized carbons (Fsp3) is 0.143. The highest BCUT2D eigenvalue weighted by molar-refractivity contribution is 5.80. The lowest BCUT2D eigenvalue weighted by Gasteiger charge is -1.79. The molecule has 0 amide bonds. The molecule has 0 heterocycles. The Hall–Kier alpha value is -1.58. The van der Waals surface area contributed by atoms with E-state index in [4.69, 9.17) is 10.2 Å². The second-order valence-electron chi connectivity index (χ2n) is 1.72. The molecule has 0 radical (unpaired) electrons. The van der Waals surface area contributed by atoms with E-state index < -0.39 is 11.9 Å². The normalized spacial score (nSPS) is 10.9. The predicted octanol–water partition coefficient (Wildman–Crippen LogP) is 0.658. The van der Waals surface area contributed by atoms with Crippen molar-refractivity contribution in [3.05, 3.63) is 24.3 Å². The van der Waals surface area contributed by atoms with Gasteiger partial charge in [0, 0.05) is 6.08 Å². The van der Waals surface area contributed by atoms with Crippen molar-refractivity contribution in [2.75, 3.05) is 0 Å². The molecule has 0 aliphatic heterocycles. The van der Waals surface area contributed by atoms with Gasteiger partial charge in [-0.25, -0.2) is 4.79 Å². The van der Waals surface area contributed by atoms with Gasteiger partial charge < -0.3 is 10.2 Å². The molecule has 4 heteroatoms. The van der Waals surface area contributed by atoms with Gasteiger partial charge >= 0.3 is 11.9 Å². The minimum Gasteiger partial charge on any atom is -0.481 e. The van der Waals surface area contributed by atoms with Gasteiger partial charge in [0.25, 0.3) is 0 Å². The molecule has 0 unspecified atom stereocenters. The summed E-state index contributed by atoms with van der Waals surface area (Å²) < 4.78 is 0. The first kappa shape index (κ1) is 9.42. The first-order valence-electron chi connectivity index (χ1n) is 2.91. The number of allylic oxidation sites excluding steroid dienone is 2. The molecule has 60 valence electrons. The molecule has 11 heavy (non-hydrogen) atoms. The minimum atomic E-state index is -1.05. The Morgan fingerprint density at radius 3 is 2.27 bits per heavy atom. The van der Waals surface area contributed by atoms with Crippen LogP contribution in [-0.2, 0) is 9.59 Å². The summed E-state index contributed by atoms with van der Waals surface area (Å²) in [5.41, 5.74) is 0. The molecule has 4 nitrogen and oxygen atoms in total. The zero-order chi connectivity index (χ0) is 8.69. The van der Waals surface area contributed by atoms with Gasteiger partial charge in [0.05, 0.1) is 6.42 Å². The monoisotopic (exact) mass is 156 g/mol. The van der Waals surface area contributed by atoms with Crippen LogP contribution >= 0.6 is 0 Å². The topological polar surface area (TPSA) is 74.6 Å². The maximum atomic E-state index is 9.90. The number of hydrogen-bond donors (Lipinski definition) is 2. The molecule has 0 aromatic heterocycles. The van der Waals surface area contributed by atoms with E-state index >= 15 is 0 Å². The summed E-state index contributed by atoms with van der Waals surface area (Å²) in [6.45, 7) is 0. The molecule has 0 atom stereocenters. The van der Waals surface area contributed by atoms with Crippen molar-refractivity contribution in [1.29, 1.82) is 0 Å². The lowest BCUT2D eigenvalue weighted by Crippen LogP contribution is -1.89. The van der Waals surface area contributed by atoms with Crippen LogP contribution in [0.15, 0.2) is 24.3 Å². The van der Waals surface area contributed by atoms with Crippen LogP contribution in [0.25, 0.3) is 0 Å². The Kier molecular flexibility index (Phi) is 4.47. The van der Waals surface area contributed by atoms with Crippen LogP contribution in [-0.4, -0.2) is 22.2 Å². The summed E-state index contributed by atoms with van der Waals surface area (Å²) in [5, 5.41) is 16.2. The average Bonchev–Trinajstić information content (AvgIpc) is 1.85. The molecule has 0 aromatic carbocycles. The van der Waals surface area contributed by atoms with Gasteiger partial charge in [-0.15, -0.1) is 0 Å². The van der Waals surface area contributed by atoms with Crippen LogP contribution < -0.4 is 0 Å². The van der Waals surface area contributed by atoms with Crippen molar-refractivity contribution >= 4 is 11.9 Å². The van der Waals surface area contributed by atoms with Crippen LogP contribution in [0, 0.1) is 0 Å². The van der Waals surface area contributed by atoms with Crippen molar-refractivity contribution in [1.82, 2.24) is 0 Å². The molecule has 0 bridgehead atoms. The lowest BCUT2D eigenvalue weighted by atomic mass is 10.3. The van der Waals surface area contributed by atoms with E-state index in [2.05, 4.69) is 0 Å². The van der Waals surface area contributed by atoms with E-state index in [0.29, 0.717) is 0 Å². The van der Waals surface area contributed by atoms with Gasteiger partial charge in [0.15, 0.2) is 0 Å². The Bertz CT molecular complexity index is 202. The summed E-state index contributed by atoms with van der Waals surface area (Å²) in [4.78, 5) is 19.8. The summed E-state index contributed by atoms with van der Waals surface area (Å²) in [6, 6.07) is 0. The van der Waals surface area contributed by atoms with E-state index in [1.165, 1.54) is 18.2 Å². The Morgan fingerprint density at radius 2 is 1.82 bits per heavy atom. The summed E-state index contributed by atoms with van der Waals surface area (Å²) in [6.07, 6.45) is 4.84. The highest BCUT2D eigenvalue weighted by atomic mass is 16.4. The standard InChI is InChI=1S/C7H8O4/c8-6(9)4-2-1-3-5-7(10)11/h1-4H,5H2,(H,8,9)(H,10,11)/b3-1+,4-2+. The van der Waals surface area contributed by atoms with Crippen LogP contribution in [0.2, 0.25) is 0 Å². The number of carboxylic acids is 2. The van der Waals surface area contributed by atoms with E-state index in [-0.39, 0.29) is 6.42 Å². The second kappa shape index (κ2) is 5.22. The highest BCUT2D eigenvalue weighted by Gasteiger charge is 1.87. The van der Waals surface area contributed by atoms with Gasteiger partial charge in [-0.1, -0.05) is 18.2 Å². The number of hydrogen-bond acceptors (Lipinski definition) is 2. The molecule has 0 aliphatic carbocycles. The van der Waals surface area contributed by atoms with Crippen LogP contribution in [0.4, 0.5) is 0 Å². The van der Waals surface area contributed by atoms with Gasteiger partial charge in [-0.3, -0.25) is 4.79 Å². The SMILES string of the molecule is O=C(O)/C=C/C=C/CC(=O)O. The minimum absolute atomic E-state index is 0.0933. The van der Waals surface area contributed by atoms with Crippen molar-refractivity contribution in [2.45, 2.75) is 6.42 Å². The molecular weight excluding hydrogens is 148 g/mol. The third-order valence-electron chi connectivity index (χ3n) is 0.778. The second-order valence-corrected chi connectivity index (χ2v) is 1.72. The van der Waals surface area contributed by atoms with E-state index in [9.17, 15) is 9.59 Å². The predicted molar refractivity (Wildman–Crippen MR) is 38.2 cm³/mol. The molecule has 0 fully saturated rings. The maximum absolute atomic E-state index is 9.90. The molecule has 0 saturated heterocycles. The van der Waals surface area contributed by atoms with E-state index in [1.807, 2.05) is 0 Å². The van der Waals surface area contributed by atoms with Crippen molar-refractivity contribution < 1.29 is 19.8 Å². The third kappa shape index (κ3) is 8.42. The highest BCUT2D eigenvalue weighted by Crippen LogP contribution is 1.83. The lowest BCUT2D eigenvalue weighted by molar-refractivity contribution is -0.136. The number of aliphatic carboxylic acids is 2. The Labute approximate surface area is 63.5 Å². The fourth-order valence-electron chi connectivity index (χ4n) is 0.385. The summed E-state index contributed by atoms with van der Waals surface area (Å²) >= 11 is 0. The summed E-state index contributed by atoms with van der Waals surface area (Å²) in [7, 11) is 0. The van der Waals surface area contributed by atoms with E-state index in [1.54, 1.807) is 0 Å². The van der Waals surface area contributed by atoms with Gasteiger partial charge in [-0.05, 0) is 0 Å². The third-order valence-corrected chi connectivity index (χ3v) is 0.778. The molecule has 2 N–H and O–H groups in total. The quantitative estimate of drug-likeness (QED) is 0.463. The molecule has 0 aromatic rings. The summed E-state index contributed by atoms with van der Waals surface area (Å²) in [5.74, 6) is -1.99. The number of rotatable bonds is 4. The van der Waals surface area contributed by atoms with Crippen LogP contribution in [0.5, 0.6) is 0 Å². The van der Waals surface area contributed by atoms with Crippen molar-refractivity contribution in [2.24, 2.45) is 0 Å². The largest absolute Gasteiger partial charge is 0.481 e. The van der Waals surface area contributed by atoms with E-state index in [0.717, 1.165) is 6.08 Å². The Balaban J connectivity index is 3.60. The molecule has 0 saturated carbocycles.